The van der Waals surface area contributed by atoms with E-state index in [-0.39, 0.29) is 5.91 Å². The molecule has 0 bridgehead atoms. The molecular weight excluding hydrogens is 300 g/mol. The first-order chi connectivity index (χ1) is 11.5. The van der Waals surface area contributed by atoms with Gasteiger partial charge in [0.2, 0.25) is 0 Å². The van der Waals surface area contributed by atoms with E-state index in [1.807, 2.05) is 55.8 Å². The minimum atomic E-state index is -0.163. The van der Waals surface area contributed by atoms with Crippen LogP contribution in [0.1, 0.15) is 32.9 Å². The van der Waals surface area contributed by atoms with Crippen molar-refractivity contribution in [3.63, 3.8) is 0 Å². The van der Waals surface area contributed by atoms with Gasteiger partial charge in [0, 0.05) is 17.5 Å². The van der Waals surface area contributed by atoms with E-state index in [1.54, 1.807) is 12.3 Å². The molecule has 3 aromatic rings. The van der Waals surface area contributed by atoms with Crippen LogP contribution < -0.4 is 5.32 Å². The van der Waals surface area contributed by atoms with Gasteiger partial charge < -0.3 is 5.32 Å². The standard InChI is InChI=1S/C19H20N4O/c1-13-4-9-18(20-11-13)21-19(24)17-7-5-16(6-8-17)12-23-15(3)10-14(2)22-23/h4-11H,12H2,1-3H3,(H,20,21,24). The maximum absolute atomic E-state index is 12.3. The smallest absolute Gasteiger partial charge is 0.256 e. The fourth-order valence-electron chi connectivity index (χ4n) is 2.50. The lowest BCUT2D eigenvalue weighted by atomic mass is 10.1. The van der Waals surface area contributed by atoms with Gasteiger partial charge in [-0.2, -0.15) is 5.10 Å². The third-order valence-electron chi connectivity index (χ3n) is 3.80. The Balaban J connectivity index is 1.68. The van der Waals surface area contributed by atoms with Gasteiger partial charge in [-0.05, 0) is 56.2 Å². The maximum Gasteiger partial charge on any atom is 0.256 e. The zero-order valence-corrected chi connectivity index (χ0v) is 14.1. The average Bonchev–Trinajstić information content (AvgIpc) is 2.88. The van der Waals surface area contributed by atoms with Gasteiger partial charge in [0.1, 0.15) is 5.82 Å². The van der Waals surface area contributed by atoms with Crippen molar-refractivity contribution in [1.82, 2.24) is 14.8 Å². The molecular formula is C19H20N4O. The molecule has 0 saturated carbocycles. The number of anilines is 1. The summed E-state index contributed by atoms with van der Waals surface area (Å²) < 4.78 is 1.96. The van der Waals surface area contributed by atoms with E-state index < -0.39 is 0 Å². The molecule has 3 rings (SSSR count). The van der Waals surface area contributed by atoms with Gasteiger partial charge >= 0.3 is 0 Å². The number of nitrogens with one attached hydrogen (secondary N) is 1. The van der Waals surface area contributed by atoms with Crippen LogP contribution in [-0.2, 0) is 6.54 Å². The first-order valence-electron chi connectivity index (χ1n) is 7.85. The van der Waals surface area contributed by atoms with E-state index in [0.717, 1.165) is 22.5 Å². The maximum atomic E-state index is 12.3. The van der Waals surface area contributed by atoms with Crippen LogP contribution >= 0.6 is 0 Å². The highest BCUT2D eigenvalue weighted by Crippen LogP contribution is 2.11. The van der Waals surface area contributed by atoms with E-state index in [9.17, 15) is 4.79 Å². The summed E-state index contributed by atoms with van der Waals surface area (Å²) in [5.41, 5.74) is 4.90. The fourth-order valence-corrected chi connectivity index (χ4v) is 2.50. The molecule has 0 radical (unpaired) electrons. The first-order valence-corrected chi connectivity index (χ1v) is 7.85. The number of pyridine rings is 1. The van der Waals surface area contributed by atoms with Crippen LogP contribution in [0.15, 0.2) is 48.7 Å². The Morgan fingerprint density at radius 2 is 1.83 bits per heavy atom. The molecule has 0 atom stereocenters. The number of amides is 1. The summed E-state index contributed by atoms with van der Waals surface area (Å²) in [6.45, 7) is 6.67. The summed E-state index contributed by atoms with van der Waals surface area (Å²) in [6.07, 6.45) is 1.73. The van der Waals surface area contributed by atoms with Gasteiger partial charge in [0.25, 0.3) is 5.91 Å². The van der Waals surface area contributed by atoms with Crippen LogP contribution in [-0.4, -0.2) is 20.7 Å². The average molecular weight is 320 g/mol. The second-order valence-electron chi connectivity index (χ2n) is 5.96. The number of carbonyl (C=O) groups excluding carboxylic acids is 1. The fraction of sp³-hybridized carbons (Fsp3) is 0.211. The highest BCUT2D eigenvalue weighted by molar-refractivity contribution is 6.03. The molecule has 0 fully saturated rings. The third-order valence-corrected chi connectivity index (χ3v) is 3.80. The van der Waals surface area contributed by atoms with Crippen LogP contribution in [0.4, 0.5) is 5.82 Å². The molecule has 24 heavy (non-hydrogen) atoms. The Morgan fingerprint density at radius 3 is 2.42 bits per heavy atom. The van der Waals surface area contributed by atoms with Crippen molar-refractivity contribution in [3.8, 4) is 0 Å². The van der Waals surface area contributed by atoms with Gasteiger partial charge in [-0.25, -0.2) is 4.98 Å². The molecule has 0 unspecified atom stereocenters. The van der Waals surface area contributed by atoms with Gasteiger partial charge in [-0.3, -0.25) is 9.48 Å². The Labute approximate surface area is 141 Å². The number of aryl methyl sites for hydroxylation is 3. The van der Waals surface area contributed by atoms with Crippen LogP contribution in [0.25, 0.3) is 0 Å². The molecule has 0 spiro atoms. The summed E-state index contributed by atoms with van der Waals surface area (Å²) in [5.74, 6) is 0.390. The van der Waals surface area contributed by atoms with Crippen LogP contribution in [0, 0.1) is 20.8 Å². The molecule has 5 nitrogen and oxygen atoms in total. The van der Waals surface area contributed by atoms with Crippen LogP contribution in [0.2, 0.25) is 0 Å². The summed E-state index contributed by atoms with van der Waals surface area (Å²) >= 11 is 0. The van der Waals surface area contributed by atoms with Crippen molar-refractivity contribution in [2.45, 2.75) is 27.3 Å². The van der Waals surface area contributed by atoms with E-state index in [4.69, 9.17) is 0 Å². The van der Waals surface area contributed by atoms with Gasteiger partial charge in [-0.1, -0.05) is 18.2 Å². The van der Waals surface area contributed by atoms with Gasteiger partial charge in [-0.15, -0.1) is 0 Å². The van der Waals surface area contributed by atoms with Crippen LogP contribution in [0.3, 0.4) is 0 Å². The molecule has 1 aromatic carbocycles. The molecule has 0 aliphatic heterocycles. The minimum absolute atomic E-state index is 0.163. The lowest BCUT2D eigenvalue weighted by molar-refractivity contribution is 0.102. The normalized spacial score (nSPS) is 10.6. The Kier molecular flexibility index (Phi) is 4.42. The molecule has 0 aliphatic rings. The van der Waals surface area contributed by atoms with E-state index >= 15 is 0 Å². The number of nitrogens with zero attached hydrogens (tertiary/aromatic N) is 3. The first kappa shape index (κ1) is 15.9. The lowest BCUT2D eigenvalue weighted by Crippen LogP contribution is -2.13. The third kappa shape index (κ3) is 3.68. The van der Waals surface area contributed by atoms with Crippen molar-refractivity contribution < 1.29 is 4.79 Å². The van der Waals surface area contributed by atoms with Gasteiger partial charge in [0.05, 0.1) is 12.2 Å². The molecule has 0 aliphatic carbocycles. The van der Waals surface area contributed by atoms with Crippen molar-refractivity contribution >= 4 is 11.7 Å². The number of carbonyl (C=O) groups is 1. The van der Waals surface area contributed by atoms with Crippen molar-refractivity contribution in [2.75, 3.05) is 5.32 Å². The highest BCUT2D eigenvalue weighted by Gasteiger charge is 2.08. The predicted molar refractivity (Wildman–Crippen MR) is 94.2 cm³/mol. The molecule has 122 valence electrons. The summed E-state index contributed by atoms with van der Waals surface area (Å²) in [5, 5.41) is 7.25. The zero-order chi connectivity index (χ0) is 17.1. The Bertz CT molecular complexity index is 848. The molecule has 5 heteroatoms. The van der Waals surface area contributed by atoms with Crippen molar-refractivity contribution in [2.24, 2.45) is 0 Å². The molecule has 2 aromatic heterocycles. The molecule has 2 heterocycles. The van der Waals surface area contributed by atoms with Crippen LogP contribution in [0.5, 0.6) is 0 Å². The van der Waals surface area contributed by atoms with E-state index in [1.165, 1.54) is 0 Å². The topological polar surface area (TPSA) is 59.8 Å². The number of rotatable bonds is 4. The SMILES string of the molecule is Cc1ccc(NC(=O)c2ccc(Cn3nc(C)cc3C)cc2)nc1. The van der Waals surface area contributed by atoms with Crippen molar-refractivity contribution in [1.29, 1.82) is 0 Å². The number of aromatic nitrogens is 3. The number of benzene rings is 1. The van der Waals surface area contributed by atoms with E-state index in [2.05, 4.69) is 21.5 Å². The Morgan fingerprint density at radius 1 is 1.08 bits per heavy atom. The zero-order valence-electron chi connectivity index (χ0n) is 14.1. The van der Waals surface area contributed by atoms with Gasteiger partial charge in [0.15, 0.2) is 0 Å². The molecule has 1 amide bonds. The molecule has 1 N–H and O–H groups in total. The Hall–Kier alpha value is -2.95. The van der Waals surface area contributed by atoms with Crippen molar-refractivity contribution in [3.05, 3.63) is 76.7 Å². The quantitative estimate of drug-likeness (QED) is 0.800. The summed E-state index contributed by atoms with van der Waals surface area (Å²) in [4.78, 5) is 16.4. The monoisotopic (exact) mass is 320 g/mol. The summed E-state index contributed by atoms with van der Waals surface area (Å²) in [7, 11) is 0. The minimum Gasteiger partial charge on any atom is -0.307 e. The predicted octanol–water partition coefficient (Wildman–Crippen LogP) is 3.50. The summed E-state index contributed by atoms with van der Waals surface area (Å²) in [6, 6.07) is 13.3. The van der Waals surface area contributed by atoms with E-state index in [0.29, 0.717) is 17.9 Å². The highest BCUT2D eigenvalue weighted by atomic mass is 16.1. The second-order valence-corrected chi connectivity index (χ2v) is 5.96. The second kappa shape index (κ2) is 6.66. The molecule has 0 saturated heterocycles. The number of hydrogen-bond acceptors (Lipinski definition) is 3. The largest absolute Gasteiger partial charge is 0.307 e. The number of hydrogen-bond donors (Lipinski definition) is 1. The lowest BCUT2D eigenvalue weighted by Gasteiger charge is -2.07.